The van der Waals surface area contributed by atoms with Crippen LogP contribution >= 0.6 is 12.2 Å². The minimum Gasteiger partial charge on any atom is -0.494 e. The van der Waals surface area contributed by atoms with E-state index in [1.807, 2.05) is 67.7 Å². The first-order valence-corrected chi connectivity index (χ1v) is 13.4. The maximum absolute atomic E-state index is 6.49. The Morgan fingerprint density at radius 3 is 2.42 bits per heavy atom. The van der Waals surface area contributed by atoms with Crippen molar-refractivity contribution in [2.24, 2.45) is 0 Å². The first-order chi connectivity index (χ1) is 18.7. The minimum absolute atomic E-state index is 0.165. The Labute approximate surface area is 228 Å². The van der Waals surface area contributed by atoms with Crippen LogP contribution in [0.4, 0.5) is 11.4 Å². The van der Waals surface area contributed by atoms with E-state index in [2.05, 4.69) is 44.4 Å². The van der Waals surface area contributed by atoms with Crippen LogP contribution in [0.2, 0.25) is 0 Å². The fourth-order valence-corrected chi connectivity index (χ4v) is 5.46. The smallest absolute Gasteiger partial charge is 0.174 e. The Balaban J connectivity index is 1.34. The second-order valence-corrected chi connectivity index (χ2v) is 9.66. The molecule has 2 fully saturated rings. The second kappa shape index (κ2) is 10.8. The van der Waals surface area contributed by atoms with Gasteiger partial charge in [0.1, 0.15) is 23.3 Å². The number of pyridine rings is 1. The molecule has 0 amide bonds. The molecule has 38 heavy (non-hydrogen) atoms. The first kappa shape index (κ1) is 24.5. The molecule has 2 saturated heterocycles. The number of furan rings is 1. The summed E-state index contributed by atoms with van der Waals surface area (Å²) in [5.41, 5.74) is 4.08. The van der Waals surface area contributed by atoms with Gasteiger partial charge in [0.15, 0.2) is 5.11 Å². The van der Waals surface area contributed by atoms with E-state index in [0.29, 0.717) is 11.7 Å². The molecule has 2 aromatic heterocycles. The summed E-state index contributed by atoms with van der Waals surface area (Å²) in [5.74, 6) is 2.45. The number of nitrogens with one attached hydrogen (secondary N) is 1. The molecule has 8 heteroatoms. The number of hydrogen-bond acceptors (Lipinski definition) is 6. The van der Waals surface area contributed by atoms with Gasteiger partial charge in [0.25, 0.3) is 0 Å². The van der Waals surface area contributed by atoms with Gasteiger partial charge in [-0.2, -0.15) is 0 Å². The molecule has 2 aliphatic rings. The predicted octanol–water partition coefficient (Wildman–Crippen LogP) is 5.75. The Morgan fingerprint density at radius 1 is 0.947 bits per heavy atom. The molecule has 194 valence electrons. The zero-order valence-corrected chi connectivity index (χ0v) is 22.1. The van der Waals surface area contributed by atoms with Crippen LogP contribution in [-0.4, -0.2) is 43.0 Å². The average molecular weight is 527 g/mol. The number of aromatic nitrogens is 1. The van der Waals surface area contributed by atoms with Crippen LogP contribution in [0.25, 0.3) is 11.3 Å². The van der Waals surface area contributed by atoms with Gasteiger partial charge < -0.3 is 29.0 Å². The van der Waals surface area contributed by atoms with Crippen molar-refractivity contribution in [2.45, 2.75) is 19.0 Å². The topological polar surface area (TPSA) is 63.0 Å². The lowest BCUT2D eigenvalue weighted by molar-refractivity contribution is 0.122. The van der Waals surface area contributed by atoms with E-state index in [9.17, 15) is 0 Å². The maximum atomic E-state index is 6.49. The molecule has 0 saturated carbocycles. The van der Waals surface area contributed by atoms with Crippen molar-refractivity contribution in [2.75, 3.05) is 42.7 Å². The van der Waals surface area contributed by atoms with Crippen molar-refractivity contribution < 1.29 is 13.9 Å². The highest BCUT2D eigenvalue weighted by molar-refractivity contribution is 7.80. The molecule has 2 aromatic carbocycles. The summed E-state index contributed by atoms with van der Waals surface area (Å²) in [6.07, 6.45) is 1.81. The lowest BCUT2D eigenvalue weighted by Crippen LogP contribution is -2.36. The van der Waals surface area contributed by atoms with Gasteiger partial charge in [0.05, 0.1) is 31.6 Å². The molecule has 0 bridgehead atoms. The number of nitrogens with zero attached hydrogens (tertiary/aromatic N) is 3. The molecule has 0 radical (unpaired) electrons. The highest BCUT2D eigenvalue weighted by Gasteiger charge is 2.42. The molecule has 2 atom stereocenters. The number of ether oxygens (including phenoxy) is 2. The first-order valence-electron chi connectivity index (χ1n) is 13.0. The number of benzene rings is 2. The van der Waals surface area contributed by atoms with Crippen LogP contribution in [0.5, 0.6) is 5.75 Å². The predicted molar refractivity (Wildman–Crippen MR) is 153 cm³/mol. The van der Waals surface area contributed by atoms with Crippen molar-refractivity contribution in [3.63, 3.8) is 0 Å². The van der Waals surface area contributed by atoms with Gasteiger partial charge in [0, 0.05) is 36.2 Å². The summed E-state index contributed by atoms with van der Waals surface area (Å²) in [7, 11) is 0. The fourth-order valence-electron chi connectivity index (χ4n) is 5.12. The van der Waals surface area contributed by atoms with Gasteiger partial charge in [-0.1, -0.05) is 6.07 Å². The second-order valence-electron chi connectivity index (χ2n) is 9.27. The van der Waals surface area contributed by atoms with E-state index in [1.54, 1.807) is 0 Å². The van der Waals surface area contributed by atoms with Gasteiger partial charge in [-0.25, -0.2) is 0 Å². The van der Waals surface area contributed by atoms with Crippen molar-refractivity contribution in [1.82, 2.24) is 10.3 Å². The molecule has 7 nitrogen and oxygen atoms in total. The summed E-state index contributed by atoms with van der Waals surface area (Å²) < 4.78 is 17.6. The highest BCUT2D eigenvalue weighted by Crippen LogP contribution is 2.43. The third-order valence-electron chi connectivity index (χ3n) is 6.97. The third-order valence-corrected chi connectivity index (χ3v) is 7.28. The molecule has 0 aliphatic carbocycles. The lowest BCUT2D eigenvalue weighted by atomic mass is 10.0. The van der Waals surface area contributed by atoms with Crippen LogP contribution < -0.4 is 19.9 Å². The van der Waals surface area contributed by atoms with Crippen molar-refractivity contribution in [1.29, 1.82) is 0 Å². The largest absolute Gasteiger partial charge is 0.494 e. The van der Waals surface area contributed by atoms with E-state index in [0.717, 1.165) is 60.5 Å². The molecule has 0 unspecified atom stereocenters. The minimum atomic E-state index is -0.205. The SMILES string of the molecule is CCOc1ccc(-c2ccc([C@@H]3[C@@H](c4ccccn4)NC(=S)N3c3ccc(N4CCOCC4)cc3)o2)cc1. The summed E-state index contributed by atoms with van der Waals surface area (Å²) >= 11 is 5.88. The van der Waals surface area contributed by atoms with Gasteiger partial charge in [-0.15, -0.1) is 0 Å². The lowest BCUT2D eigenvalue weighted by Gasteiger charge is -2.30. The Bertz CT molecular complexity index is 1370. The van der Waals surface area contributed by atoms with Gasteiger partial charge >= 0.3 is 0 Å². The molecule has 1 N–H and O–H groups in total. The number of morpholine rings is 1. The Morgan fingerprint density at radius 2 is 1.71 bits per heavy atom. The fraction of sp³-hybridized carbons (Fsp3) is 0.267. The zero-order chi connectivity index (χ0) is 25.9. The normalized spacial score (nSPS) is 19.4. The number of thiocarbonyl (C=S) groups is 1. The van der Waals surface area contributed by atoms with Crippen LogP contribution in [0.15, 0.2) is 89.5 Å². The summed E-state index contributed by atoms with van der Waals surface area (Å²) in [6, 6.07) is 26.2. The number of anilines is 2. The standard InChI is InChI=1S/C30H30N4O3S/c1-2-36-24-12-6-21(7-13-24)26-14-15-27(37-26)29-28(25-5-3-4-16-31-25)32-30(38)34(29)23-10-8-22(9-11-23)33-17-19-35-20-18-33/h3-16,28-29H,2,17-20H2,1H3,(H,32,38)/t28-,29-/m1/s1. The highest BCUT2D eigenvalue weighted by atomic mass is 32.1. The molecular formula is C30H30N4O3S. The van der Waals surface area contributed by atoms with E-state index >= 15 is 0 Å². The van der Waals surface area contributed by atoms with Crippen LogP contribution in [0.3, 0.4) is 0 Å². The monoisotopic (exact) mass is 526 g/mol. The zero-order valence-electron chi connectivity index (χ0n) is 21.2. The van der Waals surface area contributed by atoms with Crippen molar-refractivity contribution >= 4 is 28.7 Å². The third kappa shape index (κ3) is 4.85. The van der Waals surface area contributed by atoms with Gasteiger partial charge in [0.2, 0.25) is 0 Å². The number of rotatable bonds is 7. The van der Waals surface area contributed by atoms with Gasteiger partial charge in [-0.05, 0) is 91.9 Å². The molecule has 4 aromatic rings. The van der Waals surface area contributed by atoms with E-state index in [-0.39, 0.29) is 12.1 Å². The van der Waals surface area contributed by atoms with E-state index < -0.39 is 0 Å². The molecule has 2 aliphatic heterocycles. The Hall–Kier alpha value is -3.88. The quantitative estimate of drug-likeness (QED) is 0.305. The molecule has 4 heterocycles. The van der Waals surface area contributed by atoms with Crippen molar-refractivity contribution in [3.05, 3.63) is 96.5 Å². The molecule has 0 spiro atoms. The summed E-state index contributed by atoms with van der Waals surface area (Å²) in [4.78, 5) is 9.13. The molecule has 6 rings (SSSR count). The van der Waals surface area contributed by atoms with Crippen LogP contribution in [-0.2, 0) is 4.74 Å². The van der Waals surface area contributed by atoms with Crippen molar-refractivity contribution in [3.8, 4) is 17.1 Å². The average Bonchev–Trinajstić information content (AvgIpc) is 3.59. The maximum Gasteiger partial charge on any atom is 0.174 e. The van der Waals surface area contributed by atoms with E-state index in [4.69, 9.17) is 26.1 Å². The summed E-state index contributed by atoms with van der Waals surface area (Å²) in [5, 5.41) is 4.15. The van der Waals surface area contributed by atoms with Gasteiger partial charge in [-0.3, -0.25) is 4.98 Å². The van der Waals surface area contributed by atoms with Crippen LogP contribution in [0.1, 0.15) is 30.5 Å². The van der Waals surface area contributed by atoms with Crippen LogP contribution in [0, 0.1) is 0 Å². The van der Waals surface area contributed by atoms with E-state index in [1.165, 1.54) is 5.69 Å². The molecular weight excluding hydrogens is 496 g/mol. The Kier molecular flexibility index (Phi) is 6.98. The summed E-state index contributed by atoms with van der Waals surface area (Å²) in [6.45, 7) is 5.92. The number of hydrogen-bond donors (Lipinski definition) is 1.